The SMILES string of the molecule is N[C@H](CN1CCCC1)[C@H](O)c1cc(F)c2c(c1)OC(CC1CC1n1ncc3ccc(-c4ccc(C(=O)C(=O)N[C@H](CN5CCCC5)[C@H](O)c5cc(F)c6c(c5)OCCO6)cc4)cc31)CO2. The van der Waals surface area contributed by atoms with E-state index in [2.05, 4.69) is 21.2 Å². The van der Waals surface area contributed by atoms with Gasteiger partial charge in [0, 0.05) is 30.1 Å². The number of benzene rings is 4. The molecule has 5 aromatic rings. The molecule has 5 aliphatic rings. The number of amides is 1. The van der Waals surface area contributed by atoms with E-state index in [1.165, 1.54) is 18.2 Å². The van der Waals surface area contributed by atoms with E-state index in [9.17, 15) is 24.2 Å². The van der Waals surface area contributed by atoms with Gasteiger partial charge in [-0.15, -0.1) is 0 Å². The van der Waals surface area contributed by atoms with Crippen molar-refractivity contribution in [1.82, 2.24) is 24.9 Å². The van der Waals surface area contributed by atoms with Crippen molar-refractivity contribution in [2.45, 2.75) is 75.0 Å². The Kier molecular flexibility index (Phi) is 12.2. The van der Waals surface area contributed by atoms with E-state index in [0.717, 1.165) is 80.3 Å². The molecule has 5 N–H and O–H groups in total. The van der Waals surface area contributed by atoms with Gasteiger partial charge >= 0.3 is 0 Å². The lowest BCUT2D eigenvalue weighted by molar-refractivity contribution is -0.118. The maximum absolute atomic E-state index is 15.2. The molecule has 4 aromatic carbocycles. The summed E-state index contributed by atoms with van der Waals surface area (Å²) in [6.45, 7) is 4.93. The highest BCUT2D eigenvalue weighted by Gasteiger charge is 2.43. The van der Waals surface area contributed by atoms with E-state index in [1.54, 1.807) is 30.3 Å². The number of fused-ring (bicyclic) bond motifs is 3. The summed E-state index contributed by atoms with van der Waals surface area (Å²) in [4.78, 5) is 31.4. The second-order valence-electron chi connectivity index (χ2n) is 18.1. The monoisotopic (exact) mass is 892 g/mol. The van der Waals surface area contributed by atoms with Gasteiger partial charge in [0.15, 0.2) is 34.6 Å². The molecule has 16 heteroatoms. The van der Waals surface area contributed by atoms with Crippen LogP contribution in [0.1, 0.15) is 78.3 Å². The van der Waals surface area contributed by atoms with Crippen LogP contribution >= 0.6 is 0 Å². The summed E-state index contributed by atoms with van der Waals surface area (Å²) in [5, 5.41) is 31.0. The number of nitrogens with one attached hydrogen (secondary N) is 1. The molecule has 0 bridgehead atoms. The summed E-state index contributed by atoms with van der Waals surface area (Å²) in [6, 6.07) is 17.2. The van der Waals surface area contributed by atoms with Crippen molar-refractivity contribution in [3.05, 3.63) is 101 Å². The molecule has 3 fully saturated rings. The number of carbonyl (C=O) groups excluding carboxylic acids is 2. The number of Topliss-reactive ketones (excluding diaryl/α,β-unsaturated/α-hetero) is 1. The Balaban J connectivity index is 0.781. The summed E-state index contributed by atoms with van der Waals surface area (Å²) in [5.41, 5.74) is 9.82. The fraction of sp³-hybridized carbons (Fsp3) is 0.449. The number of nitrogens with two attached hydrogens (primary N) is 1. The lowest BCUT2D eigenvalue weighted by Gasteiger charge is -2.29. The molecule has 14 nitrogen and oxygen atoms in total. The molecular formula is C49H54F2N6O8. The van der Waals surface area contributed by atoms with Gasteiger partial charge in [0.25, 0.3) is 5.91 Å². The van der Waals surface area contributed by atoms with Crippen LogP contribution in [0.5, 0.6) is 23.0 Å². The van der Waals surface area contributed by atoms with Gasteiger partial charge in [0.1, 0.15) is 32.0 Å². The van der Waals surface area contributed by atoms with Crippen LogP contribution in [-0.4, -0.2) is 119 Å². The smallest absolute Gasteiger partial charge is 0.292 e. The van der Waals surface area contributed by atoms with Crippen LogP contribution in [0, 0.1) is 17.6 Å². The van der Waals surface area contributed by atoms with E-state index < -0.39 is 47.6 Å². The normalized spacial score (nSPS) is 22.4. The zero-order valence-corrected chi connectivity index (χ0v) is 36.0. The zero-order chi connectivity index (χ0) is 44.8. The molecular weight excluding hydrogens is 839 g/mol. The lowest BCUT2D eigenvalue weighted by atomic mass is 9.99. The summed E-state index contributed by atoms with van der Waals surface area (Å²) >= 11 is 0. The molecule has 3 unspecified atom stereocenters. The van der Waals surface area contributed by atoms with Crippen molar-refractivity contribution in [2.24, 2.45) is 11.7 Å². The van der Waals surface area contributed by atoms with Crippen LogP contribution in [0.25, 0.3) is 22.0 Å². The van der Waals surface area contributed by atoms with Crippen molar-refractivity contribution in [3.8, 4) is 34.1 Å². The van der Waals surface area contributed by atoms with Gasteiger partial charge in [0.2, 0.25) is 5.78 Å². The number of nitrogens with zero attached hydrogens (tertiary/aromatic N) is 4. The highest BCUT2D eigenvalue weighted by atomic mass is 19.1. The molecule has 0 spiro atoms. The van der Waals surface area contributed by atoms with Crippen molar-refractivity contribution in [3.63, 3.8) is 0 Å². The van der Waals surface area contributed by atoms with Crippen molar-refractivity contribution in [1.29, 1.82) is 0 Å². The number of aromatic nitrogens is 2. The van der Waals surface area contributed by atoms with Crippen molar-refractivity contribution in [2.75, 3.05) is 59.1 Å². The van der Waals surface area contributed by atoms with Gasteiger partial charge in [-0.25, -0.2) is 8.78 Å². The number of likely N-dealkylation sites (tertiary alicyclic amines) is 2. The quantitative estimate of drug-likeness (QED) is 0.0770. The molecule has 1 amide bonds. The molecule has 4 aliphatic heterocycles. The first-order valence-electron chi connectivity index (χ1n) is 22.8. The fourth-order valence-corrected chi connectivity index (χ4v) is 9.89. The van der Waals surface area contributed by atoms with Gasteiger partial charge in [-0.3, -0.25) is 14.3 Å². The summed E-state index contributed by atoms with van der Waals surface area (Å²) in [5.74, 6) is -2.15. The topological polar surface area (TPSA) is 174 Å². The van der Waals surface area contributed by atoms with Gasteiger partial charge in [0.05, 0.1) is 29.9 Å². The Morgan fingerprint density at radius 3 is 2.17 bits per heavy atom. The molecule has 1 aliphatic carbocycles. The number of carbonyl (C=O) groups is 2. The number of rotatable bonds is 15. The highest BCUT2D eigenvalue weighted by Crippen LogP contribution is 2.49. The number of hydrogen-bond donors (Lipinski definition) is 4. The van der Waals surface area contributed by atoms with Crippen LogP contribution < -0.4 is 30.0 Å². The third-order valence-electron chi connectivity index (χ3n) is 13.5. The number of halogens is 2. The predicted molar refractivity (Wildman–Crippen MR) is 236 cm³/mol. The van der Waals surface area contributed by atoms with Gasteiger partial charge in [-0.1, -0.05) is 36.4 Å². The van der Waals surface area contributed by atoms with E-state index >= 15 is 4.39 Å². The molecule has 0 radical (unpaired) electrons. The highest BCUT2D eigenvalue weighted by molar-refractivity contribution is 6.42. The Morgan fingerprint density at radius 2 is 1.43 bits per heavy atom. The molecule has 1 saturated carbocycles. The molecule has 2 saturated heterocycles. The Morgan fingerprint density at radius 1 is 0.785 bits per heavy atom. The first-order valence-corrected chi connectivity index (χ1v) is 22.8. The van der Waals surface area contributed by atoms with Gasteiger partial charge in [-0.05, 0) is 123 Å². The Labute approximate surface area is 375 Å². The first-order chi connectivity index (χ1) is 31.6. The minimum absolute atomic E-state index is 0.0144. The summed E-state index contributed by atoms with van der Waals surface area (Å²) < 4.78 is 55.3. The third-order valence-corrected chi connectivity index (χ3v) is 13.5. The van der Waals surface area contributed by atoms with E-state index in [4.69, 9.17) is 29.8 Å². The van der Waals surface area contributed by atoms with Crippen LogP contribution in [0.3, 0.4) is 0 Å². The maximum Gasteiger partial charge on any atom is 0.292 e. The zero-order valence-electron chi connectivity index (χ0n) is 36.0. The van der Waals surface area contributed by atoms with E-state index in [-0.39, 0.29) is 78.6 Å². The molecule has 10 rings (SSSR count). The number of aliphatic hydroxyl groups excluding tert-OH is 2. The predicted octanol–water partition coefficient (Wildman–Crippen LogP) is 5.50. The molecule has 1 aromatic heterocycles. The van der Waals surface area contributed by atoms with Crippen LogP contribution in [0.15, 0.2) is 72.9 Å². The van der Waals surface area contributed by atoms with Gasteiger partial charge in [-0.2, -0.15) is 5.10 Å². The average molecular weight is 893 g/mol. The standard InChI is InChI=1S/C49H54F2N6O8/c50-36-19-34(22-42-47(36)63-16-15-62-42)45(59)39(26-56-13-3-4-14-56)54-49(61)46(60)29-7-5-28(6-8-29)30-9-10-31-24-53-57(40(31)20-30)41-21-32(41)17-35-27-64-48-37(51)18-33(23-43(48)65-35)44(58)38(52)25-55-11-1-2-12-55/h5-10,18-20,22-24,32,35,38-39,41,44-45,58-59H,1-4,11-17,21,25-27,52H2,(H,54,61)/t32?,35?,38-,39-,41?,44-,45-/m1/s1. The second kappa shape index (κ2) is 18.3. The summed E-state index contributed by atoms with van der Waals surface area (Å²) in [6.07, 6.45) is 4.89. The summed E-state index contributed by atoms with van der Waals surface area (Å²) in [7, 11) is 0. The minimum atomic E-state index is -1.32. The average Bonchev–Trinajstić information content (AvgIpc) is 3.72. The molecule has 5 heterocycles. The molecule has 65 heavy (non-hydrogen) atoms. The van der Waals surface area contributed by atoms with E-state index in [0.29, 0.717) is 18.5 Å². The Bertz CT molecular complexity index is 2560. The molecule has 7 atom stereocenters. The first kappa shape index (κ1) is 43.3. The fourth-order valence-electron chi connectivity index (χ4n) is 9.89. The van der Waals surface area contributed by atoms with Crippen LogP contribution in [0.4, 0.5) is 8.78 Å². The number of ether oxygens (including phenoxy) is 4. The van der Waals surface area contributed by atoms with Crippen LogP contribution in [-0.2, 0) is 4.79 Å². The maximum atomic E-state index is 15.2. The van der Waals surface area contributed by atoms with E-state index in [1.807, 2.05) is 23.0 Å². The minimum Gasteiger partial charge on any atom is -0.486 e. The largest absolute Gasteiger partial charge is 0.486 e. The third kappa shape index (κ3) is 9.14. The number of aliphatic hydroxyl groups is 2. The van der Waals surface area contributed by atoms with Crippen molar-refractivity contribution >= 4 is 22.6 Å². The number of hydrogen-bond acceptors (Lipinski definition) is 12. The van der Waals surface area contributed by atoms with Crippen molar-refractivity contribution < 1.29 is 47.5 Å². The molecule has 342 valence electrons. The van der Waals surface area contributed by atoms with Crippen LogP contribution in [0.2, 0.25) is 0 Å². The van der Waals surface area contributed by atoms with Gasteiger partial charge < -0.3 is 50.0 Å². The Hall–Kier alpha value is -5.65. The number of ketones is 1. The lowest BCUT2D eigenvalue weighted by Crippen LogP contribution is -2.48. The second-order valence-corrected chi connectivity index (χ2v) is 18.1.